The molecule has 4 aromatic rings. The molecule has 0 saturated heterocycles. The summed E-state index contributed by atoms with van der Waals surface area (Å²) in [6.07, 6.45) is 1.75. The van der Waals surface area contributed by atoms with Crippen LogP contribution in [-0.2, 0) is 14.1 Å². The van der Waals surface area contributed by atoms with Crippen LogP contribution in [0.25, 0.3) is 27.8 Å². The quantitative estimate of drug-likeness (QED) is 0.527. The molecular weight excluding hydrogens is 376 g/mol. The van der Waals surface area contributed by atoms with Crippen LogP contribution in [-0.4, -0.2) is 13.7 Å². The van der Waals surface area contributed by atoms with Crippen molar-refractivity contribution in [2.45, 2.75) is 0 Å². The largest absolute Gasteiger partial charge is 0.330 e. The molecule has 0 N–H and O–H groups in total. The number of fused-ring (bicyclic) bond motifs is 1. The highest BCUT2D eigenvalue weighted by Crippen LogP contribution is 2.31. The van der Waals surface area contributed by atoms with Crippen molar-refractivity contribution in [3.05, 3.63) is 86.2 Å². The lowest BCUT2D eigenvalue weighted by molar-refractivity contribution is 0.714. The zero-order valence-electron chi connectivity index (χ0n) is 15.2. The van der Waals surface area contributed by atoms with Crippen molar-refractivity contribution in [3.63, 3.8) is 0 Å². The summed E-state index contributed by atoms with van der Waals surface area (Å²) in [5.41, 5.74) is 2.37. The third kappa shape index (κ3) is 2.65. The van der Waals surface area contributed by atoms with Crippen LogP contribution in [0.5, 0.6) is 0 Å². The van der Waals surface area contributed by atoms with Crippen LogP contribution in [0.3, 0.4) is 0 Å². The molecule has 4 rings (SSSR count). The Bertz CT molecular complexity index is 1390. The van der Waals surface area contributed by atoms with Crippen LogP contribution in [0.2, 0.25) is 5.02 Å². The van der Waals surface area contributed by atoms with E-state index >= 15 is 0 Å². The van der Waals surface area contributed by atoms with E-state index < -0.39 is 5.69 Å². The topological polar surface area (TPSA) is 72.7 Å². The smallest absolute Gasteiger partial charge is 0.314 e. The van der Waals surface area contributed by atoms with Gasteiger partial charge in [-0.15, -0.1) is 0 Å². The van der Waals surface area contributed by atoms with Crippen molar-refractivity contribution in [2.24, 2.45) is 14.1 Å². The summed E-state index contributed by atoms with van der Waals surface area (Å²) in [6, 6.07) is 16.4. The molecule has 0 atom stereocenters. The third-order valence-corrected chi connectivity index (χ3v) is 5.06. The van der Waals surface area contributed by atoms with Gasteiger partial charge in [-0.05, 0) is 35.9 Å². The summed E-state index contributed by atoms with van der Waals surface area (Å²) >= 11 is 6.04. The second kappa shape index (κ2) is 6.55. The molecule has 0 aliphatic rings. The number of rotatable bonds is 2. The summed E-state index contributed by atoms with van der Waals surface area (Å²) < 4.78 is 4.37. The van der Waals surface area contributed by atoms with E-state index in [2.05, 4.69) is 6.07 Å². The van der Waals surface area contributed by atoms with E-state index in [0.29, 0.717) is 27.2 Å². The highest BCUT2D eigenvalue weighted by molar-refractivity contribution is 6.30. The molecule has 0 unspecified atom stereocenters. The molecule has 0 aliphatic heterocycles. The standard InChI is InChI=1S/C21H15ClN4O2/c1-24-17-12-26(16-5-3-4-13(10-16)11-23)19(14-6-8-15(22)9-7-14)18(17)20(27)25(2)21(24)28/h3-10,12H,1-2H3. The first kappa shape index (κ1) is 17.8. The van der Waals surface area contributed by atoms with Crippen molar-refractivity contribution >= 4 is 22.5 Å². The van der Waals surface area contributed by atoms with E-state index in [1.54, 1.807) is 43.6 Å². The Morgan fingerprint density at radius 1 is 1.00 bits per heavy atom. The van der Waals surface area contributed by atoms with Crippen LogP contribution in [0.1, 0.15) is 5.56 Å². The molecule has 6 nitrogen and oxygen atoms in total. The number of halogens is 1. The number of benzene rings is 2. The molecule has 7 heteroatoms. The highest BCUT2D eigenvalue weighted by atomic mass is 35.5. The zero-order chi connectivity index (χ0) is 20.0. The molecule has 2 aromatic carbocycles. The van der Waals surface area contributed by atoms with Gasteiger partial charge in [0, 0.05) is 31.0 Å². The monoisotopic (exact) mass is 390 g/mol. The average Bonchev–Trinajstić information content (AvgIpc) is 3.12. The molecule has 0 spiro atoms. The Morgan fingerprint density at radius 3 is 2.39 bits per heavy atom. The van der Waals surface area contributed by atoms with E-state index in [0.717, 1.165) is 15.8 Å². The van der Waals surface area contributed by atoms with Gasteiger partial charge in [-0.3, -0.25) is 13.9 Å². The molecule has 0 aliphatic carbocycles. The fourth-order valence-electron chi connectivity index (χ4n) is 3.36. The predicted octanol–water partition coefficient (Wildman–Crippen LogP) is 3.22. The molecule has 0 fully saturated rings. The number of hydrogen-bond acceptors (Lipinski definition) is 3. The van der Waals surface area contributed by atoms with Gasteiger partial charge < -0.3 is 4.57 Å². The SMILES string of the molecule is Cn1c(=O)c2c(-c3ccc(Cl)cc3)n(-c3cccc(C#N)c3)cc2n(C)c1=O. The lowest BCUT2D eigenvalue weighted by atomic mass is 10.1. The number of nitriles is 1. The summed E-state index contributed by atoms with van der Waals surface area (Å²) in [7, 11) is 3.09. The van der Waals surface area contributed by atoms with E-state index in [4.69, 9.17) is 11.6 Å². The van der Waals surface area contributed by atoms with Crippen molar-refractivity contribution < 1.29 is 0 Å². The van der Waals surface area contributed by atoms with Crippen LogP contribution in [0, 0.1) is 11.3 Å². The maximum atomic E-state index is 13.0. The minimum Gasteiger partial charge on any atom is -0.314 e. The van der Waals surface area contributed by atoms with Crippen molar-refractivity contribution in [2.75, 3.05) is 0 Å². The molecular formula is C21H15ClN4O2. The molecule has 28 heavy (non-hydrogen) atoms. The van der Waals surface area contributed by atoms with E-state index in [9.17, 15) is 14.9 Å². The molecule has 0 amide bonds. The first-order chi connectivity index (χ1) is 13.4. The van der Waals surface area contributed by atoms with Crippen LogP contribution in [0.15, 0.2) is 64.3 Å². The van der Waals surface area contributed by atoms with Crippen molar-refractivity contribution in [1.29, 1.82) is 5.26 Å². The Kier molecular flexibility index (Phi) is 4.17. The molecule has 2 aromatic heterocycles. The van der Waals surface area contributed by atoms with E-state index in [1.165, 1.54) is 11.6 Å². The minimum absolute atomic E-state index is 0.377. The lowest BCUT2D eigenvalue weighted by Crippen LogP contribution is -2.36. The second-order valence-electron chi connectivity index (χ2n) is 6.48. The number of aryl methyl sites for hydroxylation is 1. The minimum atomic E-state index is -0.400. The van der Waals surface area contributed by atoms with Gasteiger partial charge in [0.25, 0.3) is 5.56 Å². The van der Waals surface area contributed by atoms with Crippen molar-refractivity contribution in [1.82, 2.24) is 13.7 Å². The molecule has 0 saturated carbocycles. The Morgan fingerprint density at radius 2 is 1.71 bits per heavy atom. The van der Waals surface area contributed by atoms with Gasteiger partial charge in [0.1, 0.15) is 0 Å². The number of aromatic nitrogens is 3. The lowest BCUT2D eigenvalue weighted by Gasteiger charge is -2.10. The fourth-order valence-corrected chi connectivity index (χ4v) is 3.49. The van der Waals surface area contributed by atoms with Gasteiger partial charge in [0.05, 0.1) is 28.2 Å². The summed E-state index contributed by atoms with van der Waals surface area (Å²) in [5, 5.41) is 10.3. The zero-order valence-corrected chi connectivity index (χ0v) is 15.9. The number of nitrogens with zero attached hydrogens (tertiary/aromatic N) is 4. The van der Waals surface area contributed by atoms with Gasteiger partial charge in [-0.25, -0.2) is 4.79 Å². The van der Waals surface area contributed by atoms with Gasteiger partial charge in [-0.2, -0.15) is 5.26 Å². The Balaban J connectivity index is 2.20. The maximum absolute atomic E-state index is 13.0. The van der Waals surface area contributed by atoms with Crippen LogP contribution < -0.4 is 11.2 Å². The van der Waals surface area contributed by atoms with Crippen molar-refractivity contribution in [3.8, 4) is 23.0 Å². The van der Waals surface area contributed by atoms with Gasteiger partial charge in [0.2, 0.25) is 0 Å². The van der Waals surface area contributed by atoms with Gasteiger partial charge in [0.15, 0.2) is 0 Å². The predicted molar refractivity (Wildman–Crippen MR) is 109 cm³/mol. The Labute approximate surface area is 165 Å². The molecule has 138 valence electrons. The highest BCUT2D eigenvalue weighted by Gasteiger charge is 2.20. The van der Waals surface area contributed by atoms with Gasteiger partial charge >= 0.3 is 5.69 Å². The van der Waals surface area contributed by atoms with Crippen LogP contribution in [0.4, 0.5) is 0 Å². The van der Waals surface area contributed by atoms with Crippen LogP contribution >= 0.6 is 11.6 Å². The third-order valence-electron chi connectivity index (χ3n) is 4.81. The second-order valence-corrected chi connectivity index (χ2v) is 6.92. The normalized spacial score (nSPS) is 10.9. The van der Waals surface area contributed by atoms with E-state index in [-0.39, 0.29) is 5.56 Å². The summed E-state index contributed by atoms with van der Waals surface area (Å²) in [6.45, 7) is 0. The molecule has 0 radical (unpaired) electrons. The molecule has 0 bridgehead atoms. The number of hydrogen-bond donors (Lipinski definition) is 0. The summed E-state index contributed by atoms with van der Waals surface area (Å²) in [4.78, 5) is 25.4. The maximum Gasteiger partial charge on any atom is 0.330 e. The molecule has 2 heterocycles. The average molecular weight is 391 g/mol. The Hall–Kier alpha value is -3.56. The summed E-state index contributed by atoms with van der Waals surface area (Å²) in [5.74, 6) is 0. The first-order valence-electron chi connectivity index (χ1n) is 8.50. The van der Waals surface area contributed by atoms with E-state index in [1.807, 2.05) is 22.8 Å². The first-order valence-corrected chi connectivity index (χ1v) is 8.87. The fraction of sp³-hybridized carbons (Fsp3) is 0.0952. The van der Waals surface area contributed by atoms with Gasteiger partial charge in [-0.1, -0.05) is 29.8 Å².